The van der Waals surface area contributed by atoms with Gasteiger partial charge in [-0.1, -0.05) is 11.6 Å². The molecule has 116 valence electrons. The third kappa shape index (κ3) is 4.33. The second-order valence-electron chi connectivity index (χ2n) is 5.43. The molecule has 0 radical (unpaired) electrons. The molecule has 1 aliphatic rings. The van der Waals surface area contributed by atoms with Gasteiger partial charge in [0.25, 0.3) is 0 Å². The molecule has 1 amide bonds. The number of hydrogen-bond donors (Lipinski definition) is 2. The summed E-state index contributed by atoms with van der Waals surface area (Å²) in [5.74, 6) is -0.0851. The van der Waals surface area contributed by atoms with Gasteiger partial charge in [0, 0.05) is 24.7 Å². The van der Waals surface area contributed by atoms with Crippen LogP contribution in [0.15, 0.2) is 18.2 Å². The summed E-state index contributed by atoms with van der Waals surface area (Å²) >= 11 is 5.94. The van der Waals surface area contributed by atoms with Crippen LogP contribution in [0.2, 0.25) is 5.02 Å². The number of nitrogen functional groups attached to an aromatic ring is 1. The predicted octanol–water partition coefficient (Wildman–Crippen LogP) is 2.36. The van der Waals surface area contributed by atoms with Gasteiger partial charge in [-0.25, -0.2) is 0 Å². The zero-order valence-corrected chi connectivity index (χ0v) is 13.2. The molecule has 0 saturated carbocycles. The highest BCUT2D eigenvalue weighted by Crippen LogP contribution is 2.23. The molecule has 21 heavy (non-hydrogen) atoms. The normalized spacial score (nSPS) is 21.6. The van der Waals surface area contributed by atoms with E-state index in [1.165, 1.54) is 0 Å². The highest BCUT2D eigenvalue weighted by Gasteiger charge is 2.25. The molecular formula is C15H22ClN3O2. The maximum absolute atomic E-state index is 12.4. The number of benzene rings is 1. The van der Waals surface area contributed by atoms with Crippen LogP contribution in [0.3, 0.4) is 0 Å². The number of amides is 1. The van der Waals surface area contributed by atoms with Crippen LogP contribution >= 0.6 is 11.6 Å². The molecule has 0 spiro atoms. The molecule has 2 rings (SSSR count). The first kappa shape index (κ1) is 16.1. The second kappa shape index (κ2) is 7.11. The zero-order chi connectivity index (χ0) is 15.4. The number of rotatable bonds is 3. The van der Waals surface area contributed by atoms with Crippen LogP contribution in [-0.2, 0) is 9.53 Å². The molecule has 5 nitrogen and oxygen atoms in total. The van der Waals surface area contributed by atoms with E-state index in [0.29, 0.717) is 16.4 Å². The molecule has 1 aliphatic heterocycles. The van der Waals surface area contributed by atoms with Gasteiger partial charge in [0.2, 0.25) is 5.91 Å². The topological polar surface area (TPSA) is 67.6 Å². The van der Waals surface area contributed by atoms with E-state index in [1.54, 1.807) is 18.2 Å². The summed E-state index contributed by atoms with van der Waals surface area (Å²) in [6, 6.07) is 4.80. The second-order valence-corrected chi connectivity index (χ2v) is 5.86. The van der Waals surface area contributed by atoms with E-state index in [4.69, 9.17) is 22.1 Å². The van der Waals surface area contributed by atoms with Crippen LogP contribution in [0, 0.1) is 0 Å². The van der Waals surface area contributed by atoms with Gasteiger partial charge in [0.1, 0.15) is 0 Å². The molecule has 1 saturated heterocycles. The summed E-state index contributed by atoms with van der Waals surface area (Å²) in [6.45, 7) is 6.27. The largest absolute Gasteiger partial charge is 0.397 e. The number of nitrogens with two attached hydrogens (primary N) is 1. The molecule has 6 heteroatoms. The monoisotopic (exact) mass is 311 g/mol. The minimum Gasteiger partial charge on any atom is -0.397 e. The van der Waals surface area contributed by atoms with E-state index >= 15 is 0 Å². The van der Waals surface area contributed by atoms with Gasteiger partial charge in [-0.05, 0) is 38.5 Å². The van der Waals surface area contributed by atoms with Crippen molar-refractivity contribution in [2.24, 2.45) is 0 Å². The van der Waals surface area contributed by atoms with Crippen molar-refractivity contribution < 1.29 is 9.53 Å². The van der Waals surface area contributed by atoms with Crippen molar-refractivity contribution in [3.63, 3.8) is 0 Å². The number of ether oxygens (including phenoxy) is 1. The van der Waals surface area contributed by atoms with Crippen LogP contribution in [0.4, 0.5) is 11.4 Å². The van der Waals surface area contributed by atoms with Gasteiger partial charge in [-0.15, -0.1) is 0 Å². The van der Waals surface area contributed by atoms with Crippen molar-refractivity contribution in [3.8, 4) is 0 Å². The molecule has 2 unspecified atom stereocenters. The summed E-state index contributed by atoms with van der Waals surface area (Å²) < 4.78 is 5.61. The van der Waals surface area contributed by atoms with Gasteiger partial charge in [-0.3, -0.25) is 9.69 Å². The Morgan fingerprint density at radius 2 is 2.33 bits per heavy atom. The number of carbonyl (C=O) groups excluding carboxylic acids is 1. The Hall–Kier alpha value is -1.30. The smallest absolute Gasteiger partial charge is 0.241 e. The minimum absolute atomic E-state index is 0.0851. The zero-order valence-electron chi connectivity index (χ0n) is 12.4. The highest BCUT2D eigenvalue weighted by atomic mass is 35.5. The lowest BCUT2D eigenvalue weighted by Gasteiger charge is -2.27. The van der Waals surface area contributed by atoms with Crippen LogP contribution in [0.1, 0.15) is 20.3 Å². The van der Waals surface area contributed by atoms with Crippen molar-refractivity contribution in [2.75, 3.05) is 30.7 Å². The van der Waals surface area contributed by atoms with E-state index < -0.39 is 0 Å². The molecule has 1 aromatic rings. The fourth-order valence-corrected chi connectivity index (χ4v) is 2.59. The maximum Gasteiger partial charge on any atom is 0.241 e. The number of carbonyl (C=O) groups is 1. The third-order valence-electron chi connectivity index (χ3n) is 3.68. The molecule has 0 bridgehead atoms. The van der Waals surface area contributed by atoms with Gasteiger partial charge >= 0.3 is 0 Å². The van der Waals surface area contributed by atoms with E-state index in [1.807, 2.05) is 13.8 Å². The Morgan fingerprint density at radius 3 is 3.10 bits per heavy atom. The van der Waals surface area contributed by atoms with Gasteiger partial charge in [0.05, 0.1) is 23.5 Å². The molecule has 0 aliphatic carbocycles. The number of hydrogen-bond acceptors (Lipinski definition) is 4. The average Bonchev–Trinajstić information content (AvgIpc) is 2.66. The van der Waals surface area contributed by atoms with Crippen LogP contribution < -0.4 is 11.1 Å². The molecule has 2 atom stereocenters. The fraction of sp³-hybridized carbons (Fsp3) is 0.533. The quantitative estimate of drug-likeness (QED) is 0.841. The lowest BCUT2D eigenvalue weighted by atomic mass is 10.2. The Balaban J connectivity index is 2.03. The summed E-state index contributed by atoms with van der Waals surface area (Å²) in [5, 5.41) is 3.40. The van der Waals surface area contributed by atoms with Gasteiger partial charge in [0.15, 0.2) is 0 Å². The van der Waals surface area contributed by atoms with Gasteiger partial charge < -0.3 is 15.8 Å². The number of halogens is 1. The Kier molecular flexibility index (Phi) is 5.45. The third-order valence-corrected chi connectivity index (χ3v) is 3.92. The Morgan fingerprint density at radius 1 is 1.57 bits per heavy atom. The van der Waals surface area contributed by atoms with Crippen LogP contribution in [0.5, 0.6) is 0 Å². The van der Waals surface area contributed by atoms with Gasteiger partial charge in [-0.2, -0.15) is 0 Å². The van der Waals surface area contributed by atoms with E-state index in [-0.39, 0.29) is 18.1 Å². The van der Waals surface area contributed by atoms with Crippen LogP contribution in [0.25, 0.3) is 0 Å². The number of nitrogens with one attached hydrogen (secondary N) is 1. The van der Waals surface area contributed by atoms with E-state index in [2.05, 4.69) is 10.2 Å². The van der Waals surface area contributed by atoms with Crippen molar-refractivity contribution in [1.82, 2.24) is 4.90 Å². The fourth-order valence-electron chi connectivity index (χ4n) is 2.42. The molecule has 0 aromatic heterocycles. The standard InChI is InChI=1S/C15H22ClN3O2/c1-10-9-19(6-3-7-21-10)11(2)15(20)18-14-8-12(16)4-5-13(14)17/h4-5,8,10-11H,3,6-7,9,17H2,1-2H3,(H,18,20). The highest BCUT2D eigenvalue weighted by molar-refractivity contribution is 6.31. The summed E-state index contributed by atoms with van der Waals surface area (Å²) in [5.41, 5.74) is 6.92. The average molecular weight is 312 g/mol. The van der Waals surface area contributed by atoms with Crippen molar-refractivity contribution >= 4 is 28.9 Å². The molecule has 1 heterocycles. The predicted molar refractivity (Wildman–Crippen MR) is 85.6 cm³/mol. The maximum atomic E-state index is 12.4. The number of nitrogens with zero attached hydrogens (tertiary/aromatic N) is 1. The first-order valence-corrected chi connectivity index (χ1v) is 7.56. The first-order valence-electron chi connectivity index (χ1n) is 7.19. The lowest BCUT2D eigenvalue weighted by Crippen LogP contribution is -2.44. The Labute approximate surface area is 130 Å². The molecule has 1 fully saturated rings. The molecule has 1 aromatic carbocycles. The summed E-state index contributed by atoms with van der Waals surface area (Å²) in [6.07, 6.45) is 1.07. The number of anilines is 2. The summed E-state index contributed by atoms with van der Waals surface area (Å²) in [4.78, 5) is 14.5. The summed E-state index contributed by atoms with van der Waals surface area (Å²) in [7, 11) is 0. The first-order chi connectivity index (χ1) is 9.97. The van der Waals surface area contributed by atoms with Crippen molar-refractivity contribution in [1.29, 1.82) is 0 Å². The SMILES string of the molecule is CC1CN(C(C)C(=O)Nc2cc(Cl)ccc2N)CCCO1. The lowest BCUT2D eigenvalue weighted by molar-refractivity contribution is -0.121. The Bertz CT molecular complexity index is 510. The van der Waals surface area contributed by atoms with Crippen LogP contribution in [-0.4, -0.2) is 42.6 Å². The van der Waals surface area contributed by atoms with E-state index in [0.717, 1.165) is 26.1 Å². The molecule has 3 N–H and O–H groups in total. The van der Waals surface area contributed by atoms with Crippen molar-refractivity contribution in [3.05, 3.63) is 23.2 Å². The van der Waals surface area contributed by atoms with Crippen molar-refractivity contribution in [2.45, 2.75) is 32.4 Å². The van der Waals surface area contributed by atoms with E-state index in [9.17, 15) is 4.79 Å². The minimum atomic E-state index is -0.243. The molecular weight excluding hydrogens is 290 g/mol.